The first-order valence-electron chi connectivity index (χ1n) is 7.92. The van der Waals surface area contributed by atoms with Gasteiger partial charge in [0.25, 0.3) is 5.91 Å². The highest BCUT2D eigenvalue weighted by atomic mass is 32.1. The van der Waals surface area contributed by atoms with E-state index < -0.39 is 12.0 Å². The molecule has 2 N–H and O–H groups in total. The minimum atomic E-state index is -1.07. The number of nitrogens with one attached hydrogen (secondary N) is 1. The molecular formula is C17H18N2O5S. The Labute approximate surface area is 148 Å². The molecule has 0 aliphatic carbocycles. The number of nitrogens with zero attached hydrogens (tertiary/aromatic N) is 1. The SMILES string of the molecule is Cc1oc(CNC(=O)C2CCCN2C(=O)c2cccs2)cc1C(=O)O. The lowest BCUT2D eigenvalue weighted by Gasteiger charge is -2.23. The zero-order chi connectivity index (χ0) is 18.0. The molecule has 1 atom stereocenters. The summed E-state index contributed by atoms with van der Waals surface area (Å²) in [7, 11) is 0. The Bertz CT molecular complexity index is 796. The Morgan fingerprint density at radius 3 is 2.88 bits per heavy atom. The van der Waals surface area contributed by atoms with Gasteiger partial charge in [-0.3, -0.25) is 9.59 Å². The average Bonchev–Trinajstić information content (AvgIpc) is 3.31. The number of aromatic carboxylic acids is 1. The summed E-state index contributed by atoms with van der Waals surface area (Å²) < 4.78 is 5.35. The summed E-state index contributed by atoms with van der Waals surface area (Å²) in [5.41, 5.74) is 0.0830. The van der Waals surface area contributed by atoms with Gasteiger partial charge in [0, 0.05) is 6.54 Å². The van der Waals surface area contributed by atoms with E-state index in [-0.39, 0.29) is 23.9 Å². The summed E-state index contributed by atoms with van der Waals surface area (Å²) in [5.74, 6) is -0.783. The number of carboxylic acid groups (broad SMARTS) is 1. The van der Waals surface area contributed by atoms with Crippen LogP contribution in [0, 0.1) is 6.92 Å². The minimum absolute atomic E-state index is 0.0830. The number of rotatable bonds is 5. The van der Waals surface area contributed by atoms with E-state index in [1.807, 2.05) is 11.4 Å². The van der Waals surface area contributed by atoms with E-state index >= 15 is 0 Å². The van der Waals surface area contributed by atoms with E-state index in [4.69, 9.17) is 9.52 Å². The molecule has 3 heterocycles. The van der Waals surface area contributed by atoms with Crippen molar-refractivity contribution in [2.24, 2.45) is 0 Å². The Hall–Kier alpha value is -2.61. The van der Waals surface area contributed by atoms with Crippen molar-refractivity contribution in [3.63, 3.8) is 0 Å². The van der Waals surface area contributed by atoms with Gasteiger partial charge >= 0.3 is 5.97 Å². The summed E-state index contributed by atoms with van der Waals surface area (Å²) in [6.45, 7) is 2.20. The van der Waals surface area contributed by atoms with Gasteiger partial charge in [-0.15, -0.1) is 11.3 Å². The Morgan fingerprint density at radius 1 is 1.44 bits per heavy atom. The van der Waals surface area contributed by atoms with Crippen LogP contribution in [0.15, 0.2) is 28.0 Å². The van der Waals surface area contributed by atoms with Crippen LogP contribution >= 0.6 is 11.3 Å². The molecule has 2 amide bonds. The maximum Gasteiger partial charge on any atom is 0.339 e. The molecule has 1 unspecified atom stereocenters. The molecule has 1 saturated heterocycles. The van der Waals surface area contributed by atoms with E-state index in [0.717, 1.165) is 6.42 Å². The van der Waals surface area contributed by atoms with Crippen molar-refractivity contribution in [2.45, 2.75) is 32.4 Å². The standard InChI is InChI=1S/C17H18N2O5S/c1-10-12(17(22)23)8-11(24-10)9-18-15(20)13-4-2-6-19(13)16(21)14-5-3-7-25-14/h3,5,7-8,13H,2,4,6,9H2,1H3,(H,18,20)(H,22,23). The zero-order valence-electron chi connectivity index (χ0n) is 13.7. The largest absolute Gasteiger partial charge is 0.478 e. The van der Waals surface area contributed by atoms with Crippen molar-refractivity contribution in [1.29, 1.82) is 0 Å². The summed E-state index contributed by atoms with van der Waals surface area (Å²) in [6.07, 6.45) is 1.39. The first kappa shape index (κ1) is 17.2. The van der Waals surface area contributed by atoms with Gasteiger partial charge in [-0.05, 0) is 37.3 Å². The second-order valence-corrected chi connectivity index (χ2v) is 6.79. The summed E-state index contributed by atoms with van der Waals surface area (Å²) in [4.78, 5) is 38.2. The van der Waals surface area contributed by atoms with E-state index in [0.29, 0.717) is 29.4 Å². The van der Waals surface area contributed by atoms with Crippen LogP contribution in [-0.4, -0.2) is 40.4 Å². The van der Waals surface area contributed by atoms with Gasteiger partial charge in [0.05, 0.1) is 11.4 Å². The molecule has 0 saturated carbocycles. The highest BCUT2D eigenvalue weighted by Gasteiger charge is 2.34. The molecule has 132 valence electrons. The summed E-state index contributed by atoms with van der Waals surface area (Å²) in [6, 6.07) is 4.45. The molecule has 2 aromatic rings. The number of hydrogen-bond acceptors (Lipinski definition) is 5. The topological polar surface area (TPSA) is 99.9 Å². The second kappa shape index (κ2) is 7.10. The summed E-state index contributed by atoms with van der Waals surface area (Å²) >= 11 is 1.36. The van der Waals surface area contributed by atoms with Gasteiger partial charge in [-0.25, -0.2) is 4.79 Å². The van der Waals surface area contributed by atoms with Crippen molar-refractivity contribution in [3.8, 4) is 0 Å². The van der Waals surface area contributed by atoms with Gasteiger partial charge in [0.15, 0.2) is 0 Å². The molecule has 0 aromatic carbocycles. The number of likely N-dealkylation sites (tertiary alicyclic amines) is 1. The fraction of sp³-hybridized carbons (Fsp3) is 0.353. The number of carboxylic acids is 1. The van der Waals surface area contributed by atoms with Gasteiger partial charge in [-0.2, -0.15) is 0 Å². The molecular weight excluding hydrogens is 344 g/mol. The van der Waals surface area contributed by atoms with Gasteiger partial charge in [0.1, 0.15) is 23.1 Å². The number of carbonyl (C=O) groups is 3. The first-order chi connectivity index (χ1) is 12.0. The molecule has 2 aromatic heterocycles. The molecule has 1 aliphatic rings. The number of carbonyl (C=O) groups excluding carboxylic acids is 2. The lowest BCUT2D eigenvalue weighted by Crippen LogP contribution is -2.45. The Morgan fingerprint density at radius 2 is 2.24 bits per heavy atom. The molecule has 7 nitrogen and oxygen atoms in total. The monoisotopic (exact) mass is 362 g/mol. The number of amides is 2. The lowest BCUT2D eigenvalue weighted by atomic mass is 10.2. The highest BCUT2D eigenvalue weighted by molar-refractivity contribution is 7.12. The van der Waals surface area contributed by atoms with Gasteiger partial charge in [0.2, 0.25) is 5.91 Å². The van der Waals surface area contributed by atoms with Crippen LogP contribution in [0.5, 0.6) is 0 Å². The number of hydrogen-bond donors (Lipinski definition) is 2. The van der Waals surface area contributed by atoms with E-state index in [9.17, 15) is 14.4 Å². The summed E-state index contributed by atoms with van der Waals surface area (Å²) in [5, 5.41) is 13.6. The maximum atomic E-state index is 12.5. The van der Waals surface area contributed by atoms with Crippen molar-refractivity contribution < 1.29 is 23.9 Å². The van der Waals surface area contributed by atoms with E-state index in [1.54, 1.807) is 17.9 Å². The first-order valence-corrected chi connectivity index (χ1v) is 8.80. The third kappa shape index (κ3) is 3.58. The zero-order valence-corrected chi connectivity index (χ0v) is 14.5. The second-order valence-electron chi connectivity index (χ2n) is 5.84. The van der Waals surface area contributed by atoms with Crippen LogP contribution in [0.1, 0.15) is 44.4 Å². The third-order valence-electron chi connectivity index (χ3n) is 4.18. The van der Waals surface area contributed by atoms with Gasteiger partial charge in [-0.1, -0.05) is 6.07 Å². The predicted molar refractivity (Wildman–Crippen MR) is 90.6 cm³/mol. The molecule has 8 heteroatoms. The van der Waals surface area contributed by atoms with Crippen LogP contribution < -0.4 is 5.32 Å². The average molecular weight is 362 g/mol. The quantitative estimate of drug-likeness (QED) is 0.850. The molecule has 1 aliphatic heterocycles. The van der Waals surface area contributed by atoms with Crippen LogP contribution in [-0.2, 0) is 11.3 Å². The number of aryl methyl sites for hydroxylation is 1. The molecule has 25 heavy (non-hydrogen) atoms. The van der Waals surface area contributed by atoms with E-state index in [2.05, 4.69) is 5.32 Å². The molecule has 1 fully saturated rings. The van der Waals surface area contributed by atoms with Crippen LogP contribution in [0.25, 0.3) is 0 Å². The smallest absolute Gasteiger partial charge is 0.339 e. The van der Waals surface area contributed by atoms with Crippen LogP contribution in [0.3, 0.4) is 0 Å². The van der Waals surface area contributed by atoms with E-state index in [1.165, 1.54) is 17.4 Å². The van der Waals surface area contributed by atoms with Crippen LogP contribution in [0.4, 0.5) is 0 Å². The fourth-order valence-corrected chi connectivity index (χ4v) is 3.64. The normalized spacial score (nSPS) is 16.8. The highest BCUT2D eigenvalue weighted by Crippen LogP contribution is 2.22. The molecule has 0 spiro atoms. The number of thiophene rings is 1. The van der Waals surface area contributed by atoms with Crippen LogP contribution in [0.2, 0.25) is 0 Å². The van der Waals surface area contributed by atoms with Gasteiger partial charge < -0.3 is 19.7 Å². The van der Waals surface area contributed by atoms with Crippen molar-refractivity contribution >= 4 is 29.1 Å². The molecule has 3 rings (SSSR count). The maximum absolute atomic E-state index is 12.5. The Balaban J connectivity index is 1.63. The number of furan rings is 1. The van der Waals surface area contributed by atoms with Crippen molar-refractivity contribution in [3.05, 3.63) is 45.5 Å². The third-order valence-corrected chi connectivity index (χ3v) is 5.04. The predicted octanol–water partition coefficient (Wildman–Crippen LogP) is 2.27. The molecule has 0 bridgehead atoms. The fourth-order valence-electron chi connectivity index (χ4n) is 2.96. The minimum Gasteiger partial charge on any atom is -0.478 e. The molecule has 0 radical (unpaired) electrons. The Kier molecular flexibility index (Phi) is 4.89. The van der Waals surface area contributed by atoms with Crippen molar-refractivity contribution in [1.82, 2.24) is 10.2 Å². The van der Waals surface area contributed by atoms with Crippen molar-refractivity contribution in [2.75, 3.05) is 6.54 Å². The lowest BCUT2D eigenvalue weighted by molar-refractivity contribution is -0.125.